The van der Waals surface area contributed by atoms with Crippen LogP contribution in [-0.4, -0.2) is 35.7 Å². The third-order valence-electron chi connectivity index (χ3n) is 4.35. The second kappa shape index (κ2) is 7.08. The summed E-state index contributed by atoms with van der Waals surface area (Å²) in [6.45, 7) is 1.03. The van der Waals surface area contributed by atoms with Crippen LogP contribution in [0.1, 0.15) is 18.7 Å². The standard InChI is InChI=1S/C19H16F3N5O/c1-11(28)15-8-23-17-7-6-14(25-27(15)17)19-18(12-2-4-13(20)5-3-12)24-10-26(19)9-16(21)22/h2-8,10-11,16,28H,9H2,1H3. The van der Waals surface area contributed by atoms with Crippen LogP contribution in [0.2, 0.25) is 0 Å². The van der Waals surface area contributed by atoms with Crippen LogP contribution in [-0.2, 0) is 6.54 Å². The fourth-order valence-corrected chi connectivity index (χ4v) is 3.06. The van der Waals surface area contributed by atoms with Gasteiger partial charge in [-0.3, -0.25) is 0 Å². The summed E-state index contributed by atoms with van der Waals surface area (Å²) >= 11 is 0. The number of benzene rings is 1. The van der Waals surface area contributed by atoms with Gasteiger partial charge in [-0.15, -0.1) is 0 Å². The molecule has 28 heavy (non-hydrogen) atoms. The minimum Gasteiger partial charge on any atom is -0.387 e. The van der Waals surface area contributed by atoms with Crippen molar-refractivity contribution in [1.82, 2.24) is 24.1 Å². The predicted octanol–water partition coefficient (Wildman–Crippen LogP) is 3.72. The predicted molar refractivity (Wildman–Crippen MR) is 96.2 cm³/mol. The van der Waals surface area contributed by atoms with E-state index in [-0.39, 0.29) is 0 Å². The van der Waals surface area contributed by atoms with Crippen molar-refractivity contribution in [2.75, 3.05) is 0 Å². The van der Waals surface area contributed by atoms with Gasteiger partial charge in [0.2, 0.25) is 0 Å². The van der Waals surface area contributed by atoms with E-state index in [1.807, 2.05) is 0 Å². The van der Waals surface area contributed by atoms with E-state index in [0.717, 1.165) is 0 Å². The van der Waals surface area contributed by atoms with E-state index >= 15 is 0 Å². The van der Waals surface area contributed by atoms with E-state index < -0.39 is 24.9 Å². The topological polar surface area (TPSA) is 68.2 Å². The first-order valence-corrected chi connectivity index (χ1v) is 8.56. The highest BCUT2D eigenvalue weighted by atomic mass is 19.3. The van der Waals surface area contributed by atoms with Crippen molar-refractivity contribution in [3.63, 3.8) is 0 Å². The summed E-state index contributed by atoms with van der Waals surface area (Å²) in [5.41, 5.74) is 2.73. The molecule has 1 atom stereocenters. The zero-order valence-electron chi connectivity index (χ0n) is 14.8. The molecule has 0 aliphatic carbocycles. The first kappa shape index (κ1) is 18.2. The second-order valence-electron chi connectivity index (χ2n) is 6.34. The number of nitrogens with zero attached hydrogens (tertiary/aromatic N) is 5. The molecule has 0 saturated carbocycles. The minimum absolute atomic E-state index is 0.374. The van der Waals surface area contributed by atoms with Crippen molar-refractivity contribution in [1.29, 1.82) is 0 Å². The van der Waals surface area contributed by atoms with Crippen LogP contribution in [0.15, 0.2) is 48.9 Å². The Morgan fingerprint density at radius 2 is 1.82 bits per heavy atom. The lowest BCUT2D eigenvalue weighted by molar-refractivity contribution is 0.127. The number of aliphatic hydroxyl groups is 1. The summed E-state index contributed by atoms with van der Waals surface area (Å²) in [4.78, 5) is 8.44. The van der Waals surface area contributed by atoms with Crippen LogP contribution in [0.25, 0.3) is 28.3 Å². The largest absolute Gasteiger partial charge is 0.387 e. The number of alkyl halides is 2. The third kappa shape index (κ3) is 3.24. The van der Waals surface area contributed by atoms with E-state index in [0.29, 0.717) is 34.0 Å². The molecule has 6 nitrogen and oxygen atoms in total. The van der Waals surface area contributed by atoms with Gasteiger partial charge in [-0.1, -0.05) is 0 Å². The molecule has 0 bridgehead atoms. The molecule has 0 spiro atoms. The Morgan fingerprint density at radius 1 is 1.07 bits per heavy atom. The van der Waals surface area contributed by atoms with Gasteiger partial charge in [0.25, 0.3) is 6.43 Å². The highest BCUT2D eigenvalue weighted by molar-refractivity contribution is 5.77. The fourth-order valence-electron chi connectivity index (χ4n) is 3.06. The molecule has 4 rings (SSSR count). The van der Waals surface area contributed by atoms with Gasteiger partial charge in [-0.2, -0.15) is 5.10 Å². The van der Waals surface area contributed by atoms with E-state index in [1.54, 1.807) is 19.1 Å². The molecule has 0 fully saturated rings. The second-order valence-corrected chi connectivity index (χ2v) is 6.34. The number of aliphatic hydroxyl groups excluding tert-OH is 1. The smallest absolute Gasteiger partial charge is 0.256 e. The number of fused-ring (bicyclic) bond motifs is 1. The van der Waals surface area contributed by atoms with Gasteiger partial charge < -0.3 is 9.67 Å². The summed E-state index contributed by atoms with van der Waals surface area (Å²) in [6.07, 6.45) is -0.566. The zero-order valence-corrected chi connectivity index (χ0v) is 14.8. The van der Waals surface area contributed by atoms with E-state index in [1.165, 1.54) is 45.9 Å². The summed E-state index contributed by atoms with van der Waals surface area (Å²) in [7, 11) is 0. The maximum atomic E-state index is 13.3. The van der Waals surface area contributed by atoms with Crippen LogP contribution < -0.4 is 0 Å². The average Bonchev–Trinajstić information content (AvgIpc) is 3.25. The lowest BCUT2D eigenvalue weighted by Gasteiger charge is -2.11. The summed E-state index contributed by atoms with van der Waals surface area (Å²) in [6, 6.07) is 8.96. The van der Waals surface area contributed by atoms with Crippen LogP contribution >= 0.6 is 0 Å². The van der Waals surface area contributed by atoms with Crippen molar-refractivity contribution < 1.29 is 18.3 Å². The Balaban J connectivity index is 1.92. The first-order chi connectivity index (χ1) is 13.4. The van der Waals surface area contributed by atoms with Crippen molar-refractivity contribution in [2.45, 2.75) is 26.0 Å². The number of rotatable bonds is 5. The molecule has 0 saturated heterocycles. The number of imidazole rings is 2. The Bertz CT molecular complexity index is 1120. The summed E-state index contributed by atoms with van der Waals surface area (Å²) in [5.74, 6) is -0.406. The van der Waals surface area contributed by atoms with Gasteiger partial charge in [0.15, 0.2) is 5.65 Å². The van der Waals surface area contributed by atoms with Gasteiger partial charge in [-0.25, -0.2) is 27.7 Å². The molecule has 0 aliphatic rings. The van der Waals surface area contributed by atoms with Crippen molar-refractivity contribution >= 4 is 5.65 Å². The molecular weight excluding hydrogens is 371 g/mol. The van der Waals surface area contributed by atoms with Crippen molar-refractivity contribution in [3.05, 3.63) is 60.4 Å². The summed E-state index contributed by atoms with van der Waals surface area (Å²) < 4.78 is 42.2. The third-order valence-corrected chi connectivity index (χ3v) is 4.35. The van der Waals surface area contributed by atoms with Gasteiger partial charge in [-0.05, 0) is 43.3 Å². The van der Waals surface area contributed by atoms with Gasteiger partial charge in [0.05, 0.1) is 42.3 Å². The molecule has 1 N–H and O–H groups in total. The minimum atomic E-state index is -2.58. The summed E-state index contributed by atoms with van der Waals surface area (Å²) in [5, 5.41) is 14.4. The maximum absolute atomic E-state index is 13.3. The lowest BCUT2D eigenvalue weighted by atomic mass is 10.1. The quantitative estimate of drug-likeness (QED) is 0.567. The van der Waals surface area contributed by atoms with E-state index in [4.69, 9.17) is 0 Å². The molecule has 0 amide bonds. The molecular formula is C19H16F3N5O. The van der Waals surface area contributed by atoms with Crippen LogP contribution in [0.5, 0.6) is 0 Å². The fraction of sp³-hybridized carbons (Fsp3) is 0.211. The molecule has 3 heterocycles. The first-order valence-electron chi connectivity index (χ1n) is 8.56. The van der Waals surface area contributed by atoms with E-state index in [9.17, 15) is 18.3 Å². The molecule has 1 aromatic carbocycles. The van der Waals surface area contributed by atoms with Crippen LogP contribution in [0.3, 0.4) is 0 Å². The lowest BCUT2D eigenvalue weighted by Crippen LogP contribution is -2.09. The Morgan fingerprint density at radius 3 is 2.50 bits per heavy atom. The molecule has 4 aromatic rings. The number of hydrogen-bond acceptors (Lipinski definition) is 4. The maximum Gasteiger partial charge on any atom is 0.256 e. The Hall–Kier alpha value is -3.20. The van der Waals surface area contributed by atoms with Gasteiger partial charge in [0.1, 0.15) is 11.5 Å². The highest BCUT2D eigenvalue weighted by Gasteiger charge is 2.20. The van der Waals surface area contributed by atoms with Crippen molar-refractivity contribution in [2.24, 2.45) is 0 Å². The average molecular weight is 387 g/mol. The Labute approximate surface area is 157 Å². The number of hydrogen-bond donors (Lipinski definition) is 1. The van der Waals surface area contributed by atoms with Crippen LogP contribution in [0.4, 0.5) is 13.2 Å². The van der Waals surface area contributed by atoms with Gasteiger partial charge >= 0.3 is 0 Å². The molecule has 9 heteroatoms. The molecule has 144 valence electrons. The molecule has 0 aliphatic heterocycles. The number of halogens is 3. The SMILES string of the molecule is CC(O)c1cnc2ccc(-c3c(-c4ccc(F)cc4)ncn3CC(F)F)nn12. The zero-order chi connectivity index (χ0) is 19.8. The normalized spacial score (nSPS) is 12.8. The van der Waals surface area contributed by atoms with E-state index in [2.05, 4.69) is 15.1 Å². The molecule has 1 unspecified atom stereocenters. The Kier molecular flexibility index (Phi) is 4.60. The monoisotopic (exact) mass is 387 g/mol. The molecule has 3 aromatic heterocycles. The van der Waals surface area contributed by atoms with Crippen LogP contribution in [0, 0.1) is 5.82 Å². The molecule has 0 radical (unpaired) electrons. The van der Waals surface area contributed by atoms with Gasteiger partial charge in [0, 0.05) is 5.56 Å². The van der Waals surface area contributed by atoms with Crippen molar-refractivity contribution in [3.8, 4) is 22.6 Å². The number of aromatic nitrogens is 5. The highest BCUT2D eigenvalue weighted by Crippen LogP contribution is 2.31.